The molecule has 0 amide bonds. The summed E-state index contributed by atoms with van der Waals surface area (Å²) in [6.07, 6.45) is 7.91. The summed E-state index contributed by atoms with van der Waals surface area (Å²) in [7, 11) is 0. The van der Waals surface area contributed by atoms with Crippen molar-refractivity contribution in [3.8, 4) is 5.69 Å². The number of rotatable bonds is 5. The Morgan fingerprint density at radius 1 is 1.22 bits per heavy atom. The quantitative estimate of drug-likeness (QED) is 0.751. The van der Waals surface area contributed by atoms with E-state index in [0.29, 0.717) is 11.7 Å². The van der Waals surface area contributed by atoms with Gasteiger partial charge in [0.1, 0.15) is 0 Å². The van der Waals surface area contributed by atoms with Gasteiger partial charge in [0.05, 0.1) is 29.2 Å². The standard InChI is InChI=1S/C21H22N4O2/c1-15-8-9-18(22-11-15)20-7-4-10-24(20)13-16-12-23-25(14-16)19-6-3-2-5-17(19)21(26)27/h2-3,5-6,8-9,11-12,14,20H,4,7,10,13H2,1H3,(H,26,27)/t20-/m1/s1. The number of hydrogen-bond acceptors (Lipinski definition) is 4. The monoisotopic (exact) mass is 362 g/mol. The first-order valence-corrected chi connectivity index (χ1v) is 9.14. The average Bonchev–Trinajstić information content (AvgIpc) is 3.32. The zero-order valence-electron chi connectivity index (χ0n) is 15.2. The summed E-state index contributed by atoms with van der Waals surface area (Å²) in [4.78, 5) is 18.5. The Balaban J connectivity index is 1.54. The third kappa shape index (κ3) is 3.61. The number of aromatic nitrogens is 3. The molecule has 1 fully saturated rings. The molecule has 6 heteroatoms. The lowest BCUT2D eigenvalue weighted by Crippen LogP contribution is -2.23. The van der Waals surface area contributed by atoms with Crippen molar-refractivity contribution >= 4 is 5.97 Å². The van der Waals surface area contributed by atoms with Crippen LogP contribution >= 0.6 is 0 Å². The van der Waals surface area contributed by atoms with Crippen molar-refractivity contribution < 1.29 is 9.90 Å². The minimum Gasteiger partial charge on any atom is -0.478 e. The maximum absolute atomic E-state index is 11.4. The highest BCUT2D eigenvalue weighted by Crippen LogP contribution is 2.32. The van der Waals surface area contributed by atoms with E-state index in [9.17, 15) is 9.90 Å². The first-order chi connectivity index (χ1) is 13.1. The van der Waals surface area contributed by atoms with Crippen LogP contribution in [0.2, 0.25) is 0 Å². The minimum absolute atomic E-state index is 0.245. The van der Waals surface area contributed by atoms with Crippen molar-refractivity contribution in [1.82, 2.24) is 19.7 Å². The molecule has 0 radical (unpaired) electrons. The van der Waals surface area contributed by atoms with Crippen LogP contribution in [0, 0.1) is 6.92 Å². The Kier molecular flexibility index (Phi) is 4.73. The number of carboxylic acids is 1. The second kappa shape index (κ2) is 7.32. The van der Waals surface area contributed by atoms with Gasteiger partial charge in [-0.3, -0.25) is 9.88 Å². The highest BCUT2D eigenvalue weighted by molar-refractivity contribution is 5.91. The molecule has 0 saturated carbocycles. The number of carboxylic acid groups (broad SMARTS) is 1. The molecule has 1 aliphatic rings. The molecule has 3 heterocycles. The summed E-state index contributed by atoms with van der Waals surface area (Å²) in [6, 6.07) is 11.5. The molecule has 1 N–H and O–H groups in total. The van der Waals surface area contributed by atoms with Crippen LogP contribution in [0.5, 0.6) is 0 Å². The average molecular weight is 362 g/mol. The largest absolute Gasteiger partial charge is 0.478 e. The Hall–Kier alpha value is -2.99. The smallest absolute Gasteiger partial charge is 0.337 e. The molecule has 0 bridgehead atoms. The van der Waals surface area contributed by atoms with E-state index in [0.717, 1.165) is 37.2 Å². The fourth-order valence-electron chi connectivity index (χ4n) is 3.69. The molecule has 3 aromatic rings. The van der Waals surface area contributed by atoms with Gasteiger partial charge in [0.15, 0.2) is 0 Å². The van der Waals surface area contributed by atoms with Crippen molar-refractivity contribution in [3.05, 3.63) is 77.4 Å². The summed E-state index contributed by atoms with van der Waals surface area (Å²) in [5.74, 6) is -0.951. The molecular weight excluding hydrogens is 340 g/mol. The van der Waals surface area contributed by atoms with Gasteiger partial charge in [0.25, 0.3) is 0 Å². The molecule has 1 saturated heterocycles. The lowest BCUT2D eigenvalue weighted by Gasteiger charge is -2.23. The van der Waals surface area contributed by atoms with Gasteiger partial charge in [0.2, 0.25) is 0 Å². The molecule has 138 valence electrons. The van der Waals surface area contributed by atoms with Gasteiger partial charge in [-0.05, 0) is 50.1 Å². The third-order valence-electron chi connectivity index (χ3n) is 5.04. The molecule has 0 aliphatic carbocycles. The summed E-state index contributed by atoms with van der Waals surface area (Å²) in [6.45, 7) is 3.85. The van der Waals surface area contributed by atoms with Crippen molar-refractivity contribution in [2.24, 2.45) is 0 Å². The van der Waals surface area contributed by atoms with Gasteiger partial charge in [-0.2, -0.15) is 5.10 Å². The second-order valence-corrected chi connectivity index (χ2v) is 7.00. The molecule has 1 aromatic carbocycles. The molecule has 1 atom stereocenters. The van der Waals surface area contributed by atoms with Crippen molar-refractivity contribution in [2.75, 3.05) is 6.54 Å². The molecule has 0 spiro atoms. The van der Waals surface area contributed by atoms with Crippen LogP contribution in [0.3, 0.4) is 0 Å². The van der Waals surface area contributed by atoms with Crippen molar-refractivity contribution in [3.63, 3.8) is 0 Å². The Morgan fingerprint density at radius 2 is 2.07 bits per heavy atom. The predicted octanol–water partition coefficient (Wildman–Crippen LogP) is 3.61. The second-order valence-electron chi connectivity index (χ2n) is 7.00. The first-order valence-electron chi connectivity index (χ1n) is 9.14. The zero-order valence-corrected chi connectivity index (χ0v) is 15.2. The highest BCUT2D eigenvalue weighted by atomic mass is 16.4. The molecule has 0 unspecified atom stereocenters. The van der Waals surface area contributed by atoms with Gasteiger partial charge >= 0.3 is 5.97 Å². The van der Waals surface area contributed by atoms with E-state index in [-0.39, 0.29) is 5.56 Å². The fourth-order valence-corrected chi connectivity index (χ4v) is 3.69. The van der Waals surface area contributed by atoms with Crippen molar-refractivity contribution in [2.45, 2.75) is 32.4 Å². The zero-order chi connectivity index (χ0) is 18.8. The SMILES string of the molecule is Cc1ccc([C@H]2CCCN2Cc2cnn(-c3ccccc3C(=O)O)c2)nc1. The Labute approximate surface area is 158 Å². The van der Waals surface area contributed by atoms with E-state index in [4.69, 9.17) is 0 Å². The predicted molar refractivity (Wildman–Crippen MR) is 102 cm³/mol. The number of aryl methyl sites for hydroxylation is 1. The van der Waals surface area contributed by atoms with E-state index in [2.05, 4.69) is 27.1 Å². The van der Waals surface area contributed by atoms with E-state index < -0.39 is 5.97 Å². The number of pyridine rings is 1. The normalized spacial score (nSPS) is 17.3. The van der Waals surface area contributed by atoms with E-state index in [1.54, 1.807) is 22.9 Å². The van der Waals surface area contributed by atoms with E-state index in [1.807, 2.05) is 31.6 Å². The molecular formula is C21H22N4O2. The number of likely N-dealkylation sites (tertiary alicyclic amines) is 1. The lowest BCUT2D eigenvalue weighted by atomic mass is 10.1. The Morgan fingerprint density at radius 3 is 2.85 bits per heavy atom. The summed E-state index contributed by atoms with van der Waals surface area (Å²) in [5, 5.41) is 13.8. The highest BCUT2D eigenvalue weighted by Gasteiger charge is 2.27. The van der Waals surface area contributed by atoms with Gasteiger partial charge in [0, 0.05) is 24.5 Å². The van der Waals surface area contributed by atoms with Crippen LogP contribution in [0.4, 0.5) is 0 Å². The summed E-state index contributed by atoms with van der Waals surface area (Å²) < 4.78 is 1.65. The topological polar surface area (TPSA) is 71.2 Å². The van der Waals surface area contributed by atoms with Crippen LogP contribution in [0.15, 0.2) is 55.0 Å². The molecule has 6 nitrogen and oxygen atoms in total. The van der Waals surface area contributed by atoms with Crippen LogP contribution < -0.4 is 0 Å². The molecule has 1 aliphatic heterocycles. The van der Waals surface area contributed by atoms with Crippen LogP contribution in [0.25, 0.3) is 5.69 Å². The number of hydrogen-bond donors (Lipinski definition) is 1. The van der Waals surface area contributed by atoms with Gasteiger partial charge in [-0.1, -0.05) is 18.2 Å². The van der Waals surface area contributed by atoms with Gasteiger partial charge < -0.3 is 5.11 Å². The van der Waals surface area contributed by atoms with Gasteiger partial charge in [-0.15, -0.1) is 0 Å². The third-order valence-corrected chi connectivity index (χ3v) is 5.04. The first kappa shape index (κ1) is 17.4. The number of para-hydroxylation sites is 1. The van der Waals surface area contributed by atoms with Crippen LogP contribution in [-0.4, -0.2) is 37.3 Å². The van der Waals surface area contributed by atoms with Crippen LogP contribution in [0.1, 0.15) is 46.1 Å². The Bertz CT molecular complexity index is 949. The number of nitrogens with zero attached hydrogens (tertiary/aromatic N) is 4. The maximum atomic E-state index is 11.4. The maximum Gasteiger partial charge on any atom is 0.337 e. The lowest BCUT2D eigenvalue weighted by molar-refractivity contribution is 0.0696. The number of carbonyl (C=O) groups is 1. The van der Waals surface area contributed by atoms with Crippen LogP contribution in [-0.2, 0) is 6.54 Å². The number of aromatic carboxylic acids is 1. The van der Waals surface area contributed by atoms with E-state index >= 15 is 0 Å². The molecule has 2 aromatic heterocycles. The van der Waals surface area contributed by atoms with Gasteiger partial charge in [-0.25, -0.2) is 9.48 Å². The molecule has 4 rings (SSSR count). The summed E-state index contributed by atoms with van der Waals surface area (Å²) in [5.41, 5.74) is 4.17. The summed E-state index contributed by atoms with van der Waals surface area (Å²) >= 11 is 0. The fraction of sp³-hybridized carbons (Fsp3) is 0.286. The van der Waals surface area contributed by atoms with Crippen molar-refractivity contribution in [1.29, 1.82) is 0 Å². The van der Waals surface area contributed by atoms with E-state index in [1.165, 1.54) is 5.56 Å². The molecule has 27 heavy (non-hydrogen) atoms. The number of benzene rings is 1. The minimum atomic E-state index is -0.951.